The van der Waals surface area contributed by atoms with E-state index < -0.39 is 6.04 Å². The summed E-state index contributed by atoms with van der Waals surface area (Å²) < 4.78 is 0. The number of amides is 4. The average molecular weight is 415 g/mol. The highest BCUT2D eigenvalue weighted by Gasteiger charge is 2.36. The van der Waals surface area contributed by atoms with Gasteiger partial charge in [0.05, 0.1) is 0 Å². The van der Waals surface area contributed by atoms with Gasteiger partial charge in [-0.15, -0.1) is 0 Å². The fraction of sp³-hybridized carbons (Fsp3) is 0.609. The van der Waals surface area contributed by atoms with Crippen LogP contribution in [0.25, 0.3) is 0 Å². The van der Waals surface area contributed by atoms with Gasteiger partial charge in [0.2, 0.25) is 5.91 Å². The number of hydrogen-bond donors (Lipinski definition) is 2. The van der Waals surface area contributed by atoms with Crippen LogP contribution in [0.15, 0.2) is 24.3 Å². The Balaban J connectivity index is 1.73. The predicted octanol–water partition coefficient (Wildman–Crippen LogP) is 2.55. The standard InChI is InChI=1S/C23H34N4O3/c1-3-24-23(30)27-15-11-18(12-16-27)20(22(29)26-13-7-4-8-14-26)25-21(28)19-10-6-5-9-17(19)2/h5-6,9-10,18,20H,3-4,7-8,11-16H2,1-2H3,(H,24,30)(H,25,28)/t20-/m0/s1. The van der Waals surface area contributed by atoms with E-state index in [9.17, 15) is 14.4 Å². The fourth-order valence-corrected chi connectivity index (χ4v) is 4.44. The summed E-state index contributed by atoms with van der Waals surface area (Å²) in [4.78, 5) is 42.2. The van der Waals surface area contributed by atoms with Gasteiger partial charge in [-0.2, -0.15) is 0 Å². The van der Waals surface area contributed by atoms with Crippen molar-refractivity contribution in [2.45, 2.75) is 52.0 Å². The van der Waals surface area contributed by atoms with Crippen LogP contribution < -0.4 is 10.6 Å². The number of likely N-dealkylation sites (tertiary alicyclic amines) is 2. The summed E-state index contributed by atoms with van der Waals surface area (Å²) in [7, 11) is 0. The minimum Gasteiger partial charge on any atom is -0.341 e. The molecule has 2 aliphatic rings. The van der Waals surface area contributed by atoms with Gasteiger partial charge < -0.3 is 20.4 Å². The van der Waals surface area contributed by atoms with E-state index in [0.29, 0.717) is 38.0 Å². The maximum atomic E-state index is 13.4. The zero-order valence-corrected chi connectivity index (χ0v) is 18.2. The molecule has 1 aromatic rings. The Morgan fingerprint density at radius 1 is 1.00 bits per heavy atom. The van der Waals surface area contributed by atoms with Crippen molar-refractivity contribution < 1.29 is 14.4 Å². The molecule has 30 heavy (non-hydrogen) atoms. The molecule has 0 radical (unpaired) electrons. The molecular weight excluding hydrogens is 380 g/mol. The Morgan fingerprint density at radius 2 is 1.67 bits per heavy atom. The average Bonchev–Trinajstić information content (AvgIpc) is 2.78. The quantitative estimate of drug-likeness (QED) is 0.777. The molecule has 2 heterocycles. The molecule has 0 saturated carbocycles. The Morgan fingerprint density at radius 3 is 2.30 bits per heavy atom. The van der Waals surface area contributed by atoms with Crippen LogP contribution in [-0.2, 0) is 4.79 Å². The molecule has 2 saturated heterocycles. The van der Waals surface area contributed by atoms with Crippen LogP contribution in [0.5, 0.6) is 0 Å². The van der Waals surface area contributed by atoms with Gasteiger partial charge >= 0.3 is 6.03 Å². The molecular formula is C23H34N4O3. The third-order valence-electron chi connectivity index (χ3n) is 6.24. The number of aryl methyl sites for hydroxylation is 1. The number of piperidine rings is 2. The number of rotatable bonds is 5. The predicted molar refractivity (Wildman–Crippen MR) is 116 cm³/mol. The van der Waals surface area contributed by atoms with E-state index in [1.54, 1.807) is 11.0 Å². The van der Waals surface area contributed by atoms with Gasteiger partial charge in [-0.05, 0) is 63.5 Å². The van der Waals surface area contributed by atoms with Crippen molar-refractivity contribution in [3.63, 3.8) is 0 Å². The fourth-order valence-electron chi connectivity index (χ4n) is 4.44. The van der Waals surface area contributed by atoms with E-state index in [1.165, 1.54) is 0 Å². The first kappa shape index (κ1) is 22.1. The summed E-state index contributed by atoms with van der Waals surface area (Å²) in [5.41, 5.74) is 1.50. The molecule has 2 aliphatic heterocycles. The summed E-state index contributed by atoms with van der Waals surface area (Å²) in [5, 5.41) is 5.90. The molecule has 1 aromatic carbocycles. The maximum Gasteiger partial charge on any atom is 0.317 e. The largest absolute Gasteiger partial charge is 0.341 e. The first-order valence-electron chi connectivity index (χ1n) is 11.2. The van der Waals surface area contributed by atoms with Crippen LogP contribution in [0.3, 0.4) is 0 Å². The number of carbonyl (C=O) groups excluding carboxylic acids is 3. The summed E-state index contributed by atoms with van der Waals surface area (Å²) in [6.07, 6.45) is 4.58. The third-order valence-corrected chi connectivity index (χ3v) is 6.24. The highest BCUT2D eigenvalue weighted by molar-refractivity contribution is 5.98. The molecule has 0 aliphatic carbocycles. The lowest BCUT2D eigenvalue weighted by molar-refractivity contribution is -0.136. The van der Waals surface area contributed by atoms with Crippen LogP contribution in [0.4, 0.5) is 4.79 Å². The van der Waals surface area contributed by atoms with Gasteiger partial charge in [-0.25, -0.2) is 4.79 Å². The van der Waals surface area contributed by atoms with Gasteiger partial charge in [0.1, 0.15) is 6.04 Å². The molecule has 0 spiro atoms. The number of urea groups is 1. The summed E-state index contributed by atoms with van der Waals surface area (Å²) in [6, 6.07) is 6.84. The second-order valence-electron chi connectivity index (χ2n) is 8.31. The van der Waals surface area contributed by atoms with Crippen molar-refractivity contribution >= 4 is 17.8 Å². The molecule has 1 atom stereocenters. The normalized spacial score (nSPS) is 18.6. The van der Waals surface area contributed by atoms with Crippen LogP contribution in [0, 0.1) is 12.8 Å². The van der Waals surface area contributed by atoms with Crippen molar-refractivity contribution in [1.29, 1.82) is 0 Å². The van der Waals surface area contributed by atoms with E-state index in [2.05, 4.69) is 10.6 Å². The molecule has 3 rings (SSSR count). The highest BCUT2D eigenvalue weighted by Crippen LogP contribution is 2.24. The second-order valence-corrected chi connectivity index (χ2v) is 8.31. The van der Waals surface area contributed by atoms with Gasteiger partial charge in [0.15, 0.2) is 0 Å². The molecule has 2 fully saturated rings. The minimum absolute atomic E-state index is 0.0214. The minimum atomic E-state index is -0.549. The maximum absolute atomic E-state index is 13.4. The monoisotopic (exact) mass is 414 g/mol. The number of nitrogens with one attached hydrogen (secondary N) is 2. The number of carbonyl (C=O) groups is 3. The lowest BCUT2D eigenvalue weighted by Gasteiger charge is -2.38. The van der Waals surface area contributed by atoms with Crippen molar-refractivity contribution in [2.75, 3.05) is 32.7 Å². The van der Waals surface area contributed by atoms with Gasteiger partial charge in [-0.1, -0.05) is 18.2 Å². The Bertz CT molecular complexity index is 753. The van der Waals surface area contributed by atoms with Crippen LogP contribution >= 0.6 is 0 Å². The number of nitrogens with zero attached hydrogens (tertiary/aromatic N) is 2. The molecule has 0 unspecified atom stereocenters. The first-order valence-corrected chi connectivity index (χ1v) is 11.2. The van der Waals surface area contributed by atoms with Crippen molar-refractivity contribution in [3.05, 3.63) is 35.4 Å². The molecule has 4 amide bonds. The Labute approximate surface area is 179 Å². The van der Waals surface area contributed by atoms with Gasteiger partial charge in [0, 0.05) is 38.3 Å². The van der Waals surface area contributed by atoms with E-state index >= 15 is 0 Å². The van der Waals surface area contributed by atoms with Crippen molar-refractivity contribution in [1.82, 2.24) is 20.4 Å². The zero-order chi connectivity index (χ0) is 21.5. The Kier molecular flexibility index (Phi) is 7.71. The third kappa shape index (κ3) is 5.32. The topological polar surface area (TPSA) is 81.8 Å². The van der Waals surface area contributed by atoms with Crippen molar-refractivity contribution in [3.8, 4) is 0 Å². The molecule has 0 bridgehead atoms. The summed E-state index contributed by atoms with van der Waals surface area (Å²) in [5.74, 6) is -0.152. The summed E-state index contributed by atoms with van der Waals surface area (Å²) in [6.45, 7) is 7.11. The smallest absolute Gasteiger partial charge is 0.317 e. The van der Waals surface area contributed by atoms with E-state index in [4.69, 9.17) is 0 Å². The first-order chi connectivity index (χ1) is 14.5. The van der Waals surface area contributed by atoms with Gasteiger partial charge in [0.25, 0.3) is 5.91 Å². The number of hydrogen-bond acceptors (Lipinski definition) is 3. The van der Waals surface area contributed by atoms with E-state index in [0.717, 1.165) is 37.9 Å². The van der Waals surface area contributed by atoms with Gasteiger partial charge in [-0.3, -0.25) is 9.59 Å². The highest BCUT2D eigenvalue weighted by atomic mass is 16.2. The molecule has 7 heteroatoms. The lowest BCUT2D eigenvalue weighted by atomic mass is 9.87. The molecule has 164 valence electrons. The summed E-state index contributed by atoms with van der Waals surface area (Å²) >= 11 is 0. The molecule has 7 nitrogen and oxygen atoms in total. The van der Waals surface area contributed by atoms with Crippen molar-refractivity contribution in [2.24, 2.45) is 5.92 Å². The molecule has 2 N–H and O–H groups in total. The van der Waals surface area contributed by atoms with E-state index in [-0.39, 0.29) is 23.8 Å². The Hall–Kier alpha value is -2.57. The van der Waals surface area contributed by atoms with Crippen LogP contribution in [-0.4, -0.2) is 66.4 Å². The SMILES string of the molecule is CCNC(=O)N1CCC([C@H](NC(=O)c2ccccc2C)C(=O)N2CCCCC2)CC1. The van der Waals surface area contributed by atoms with Crippen LogP contribution in [0.1, 0.15) is 54.9 Å². The van der Waals surface area contributed by atoms with Crippen LogP contribution in [0.2, 0.25) is 0 Å². The zero-order valence-electron chi connectivity index (χ0n) is 18.2. The second kappa shape index (κ2) is 10.5. The molecule has 0 aromatic heterocycles. The van der Waals surface area contributed by atoms with E-state index in [1.807, 2.05) is 36.9 Å². The lowest BCUT2D eigenvalue weighted by Crippen LogP contribution is -2.56. The number of benzene rings is 1.